The lowest BCUT2D eigenvalue weighted by molar-refractivity contribution is 0.133. The summed E-state index contributed by atoms with van der Waals surface area (Å²) in [5, 5.41) is 8.09. The smallest absolute Gasteiger partial charge is 0.128 e. The summed E-state index contributed by atoms with van der Waals surface area (Å²) in [5.41, 5.74) is 0.959. The molecule has 1 N–H and O–H groups in total. The summed E-state index contributed by atoms with van der Waals surface area (Å²) in [7, 11) is 0. The van der Waals surface area contributed by atoms with Gasteiger partial charge in [0, 0.05) is 25.3 Å². The highest BCUT2D eigenvalue weighted by molar-refractivity contribution is 5.96. The summed E-state index contributed by atoms with van der Waals surface area (Å²) in [6.45, 7) is 7.07. The zero-order chi connectivity index (χ0) is 11.8. The van der Waals surface area contributed by atoms with Gasteiger partial charge in [-0.15, -0.1) is 0 Å². The molecule has 0 spiro atoms. The van der Waals surface area contributed by atoms with E-state index in [1.54, 1.807) is 0 Å². The summed E-state index contributed by atoms with van der Waals surface area (Å²) >= 11 is 0. The molecule has 0 unspecified atom stereocenters. The number of likely N-dealkylation sites (N-methyl/N-ethyl adjacent to an activating group) is 1. The second kappa shape index (κ2) is 7.01. The highest BCUT2D eigenvalue weighted by atomic mass is 16.5. The van der Waals surface area contributed by atoms with Crippen LogP contribution in [0.15, 0.2) is 30.3 Å². The Labute approximate surface area is 97.5 Å². The normalized spacial score (nSPS) is 10.1. The summed E-state index contributed by atoms with van der Waals surface area (Å²) in [5.74, 6) is 0.572. The van der Waals surface area contributed by atoms with Gasteiger partial charge in [0.05, 0.1) is 6.61 Å². The van der Waals surface area contributed by atoms with Gasteiger partial charge in [-0.05, 0) is 13.8 Å². The van der Waals surface area contributed by atoms with Gasteiger partial charge in [0.2, 0.25) is 0 Å². The van der Waals surface area contributed by atoms with Crippen LogP contribution in [0, 0.1) is 5.41 Å². The molecule has 0 aliphatic carbocycles. The Hall–Kier alpha value is -1.35. The van der Waals surface area contributed by atoms with Crippen LogP contribution in [0.3, 0.4) is 0 Å². The molecule has 0 aliphatic heterocycles. The molecule has 0 saturated heterocycles. The van der Waals surface area contributed by atoms with Gasteiger partial charge in [-0.2, -0.15) is 0 Å². The number of benzene rings is 1. The van der Waals surface area contributed by atoms with E-state index in [-0.39, 0.29) is 0 Å². The molecule has 1 aromatic carbocycles. The lowest BCUT2D eigenvalue weighted by Gasteiger charge is -2.23. The third-order valence-corrected chi connectivity index (χ3v) is 2.45. The van der Waals surface area contributed by atoms with E-state index in [2.05, 4.69) is 6.92 Å². The van der Waals surface area contributed by atoms with Crippen molar-refractivity contribution in [3.05, 3.63) is 35.9 Å². The van der Waals surface area contributed by atoms with Gasteiger partial charge in [-0.25, -0.2) is 0 Å². The fourth-order valence-electron chi connectivity index (χ4n) is 1.53. The zero-order valence-electron chi connectivity index (χ0n) is 10.1. The quantitative estimate of drug-likeness (QED) is 0.454. The van der Waals surface area contributed by atoms with Crippen LogP contribution in [0.1, 0.15) is 19.4 Å². The Kier molecular flexibility index (Phi) is 5.57. The van der Waals surface area contributed by atoms with E-state index in [0.29, 0.717) is 12.4 Å². The maximum Gasteiger partial charge on any atom is 0.128 e. The SMILES string of the molecule is CCOCCN(CC)C(=N)c1ccccc1. The highest BCUT2D eigenvalue weighted by Crippen LogP contribution is 2.04. The molecule has 3 nitrogen and oxygen atoms in total. The van der Waals surface area contributed by atoms with E-state index >= 15 is 0 Å². The predicted molar refractivity (Wildman–Crippen MR) is 67.0 cm³/mol. The third-order valence-electron chi connectivity index (χ3n) is 2.45. The summed E-state index contributed by atoms with van der Waals surface area (Å²) in [6.07, 6.45) is 0. The van der Waals surface area contributed by atoms with E-state index in [1.807, 2.05) is 42.2 Å². The van der Waals surface area contributed by atoms with Crippen LogP contribution in [0.5, 0.6) is 0 Å². The lowest BCUT2D eigenvalue weighted by atomic mass is 10.2. The van der Waals surface area contributed by atoms with E-state index in [0.717, 1.165) is 25.3 Å². The van der Waals surface area contributed by atoms with Crippen molar-refractivity contribution < 1.29 is 4.74 Å². The standard InChI is InChI=1S/C13H20N2O/c1-3-15(10-11-16-4-2)13(14)12-8-6-5-7-9-12/h5-9,14H,3-4,10-11H2,1-2H3. The molecule has 1 rings (SSSR count). The molecule has 16 heavy (non-hydrogen) atoms. The maximum atomic E-state index is 8.09. The van der Waals surface area contributed by atoms with Gasteiger partial charge in [-0.3, -0.25) is 5.41 Å². The Morgan fingerprint density at radius 3 is 2.50 bits per heavy atom. The van der Waals surface area contributed by atoms with Gasteiger partial charge in [0.25, 0.3) is 0 Å². The monoisotopic (exact) mass is 220 g/mol. The van der Waals surface area contributed by atoms with Gasteiger partial charge in [0.15, 0.2) is 0 Å². The van der Waals surface area contributed by atoms with Crippen LogP contribution in [-0.2, 0) is 4.74 Å². The van der Waals surface area contributed by atoms with Crippen LogP contribution in [0.25, 0.3) is 0 Å². The fourth-order valence-corrected chi connectivity index (χ4v) is 1.53. The first-order valence-corrected chi connectivity index (χ1v) is 5.76. The molecule has 0 fully saturated rings. The molecule has 0 heterocycles. The van der Waals surface area contributed by atoms with E-state index < -0.39 is 0 Å². The number of hydrogen-bond acceptors (Lipinski definition) is 2. The minimum absolute atomic E-state index is 0.572. The number of hydrogen-bond donors (Lipinski definition) is 1. The second-order valence-electron chi connectivity index (χ2n) is 3.49. The summed E-state index contributed by atoms with van der Waals surface area (Å²) in [4.78, 5) is 2.02. The van der Waals surface area contributed by atoms with Gasteiger partial charge in [0.1, 0.15) is 5.84 Å². The van der Waals surface area contributed by atoms with E-state index in [4.69, 9.17) is 10.1 Å². The molecule has 0 aromatic heterocycles. The number of ether oxygens (including phenoxy) is 1. The molecule has 0 bridgehead atoms. The van der Waals surface area contributed by atoms with Crippen molar-refractivity contribution in [2.45, 2.75) is 13.8 Å². The average molecular weight is 220 g/mol. The minimum Gasteiger partial charge on any atom is -0.380 e. The summed E-state index contributed by atoms with van der Waals surface area (Å²) < 4.78 is 5.31. The van der Waals surface area contributed by atoms with Crippen molar-refractivity contribution in [1.29, 1.82) is 5.41 Å². The third kappa shape index (κ3) is 3.66. The van der Waals surface area contributed by atoms with Crippen LogP contribution in [-0.4, -0.2) is 37.0 Å². The topological polar surface area (TPSA) is 36.3 Å². The van der Waals surface area contributed by atoms with Gasteiger partial charge >= 0.3 is 0 Å². The molecule has 0 aliphatic rings. The number of nitrogens with one attached hydrogen (secondary N) is 1. The maximum absolute atomic E-state index is 8.09. The van der Waals surface area contributed by atoms with Crippen LogP contribution in [0.4, 0.5) is 0 Å². The molecule has 0 amide bonds. The van der Waals surface area contributed by atoms with Crippen LogP contribution < -0.4 is 0 Å². The molecule has 1 aromatic rings. The van der Waals surface area contributed by atoms with Crippen molar-refractivity contribution in [3.8, 4) is 0 Å². The largest absolute Gasteiger partial charge is 0.380 e. The second-order valence-corrected chi connectivity index (χ2v) is 3.49. The van der Waals surface area contributed by atoms with Crippen molar-refractivity contribution in [2.75, 3.05) is 26.3 Å². The minimum atomic E-state index is 0.572. The highest BCUT2D eigenvalue weighted by Gasteiger charge is 2.08. The zero-order valence-corrected chi connectivity index (χ0v) is 10.1. The number of rotatable bonds is 6. The van der Waals surface area contributed by atoms with Crippen LogP contribution in [0.2, 0.25) is 0 Å². The Balaban J connectivity index is 2.56. The lowest BCUT2D eigenvalue weighted by Crippen LogP contribution is -2.33. The fraction of sp³-hybridized carbons (Fsp3) is 0.462. The van der Waals surface area contributed by atoms with E-state index in [1.165, 1.54) is 0 Å². The molecule has 3 heteroatoms. The van der Waals surface area contributed by atoms with Crippen molar-refractivity contribution >= 4 is 5.84 Å². The number of nitrogens with zero attached hydrogens (tertiary/aromatic N) is 1. The predicted octanol–water partition coefficient (Wildman–Crippen LogP) is 2.37. The molecular formula is C13H20N2O. The Morgan fingerprint density at radius 2 is 1.94 bits per heavy atom. The van der Waals surface area contributed by atoms with Gasteiger partial charge in [-0.1, -0.05) is 30.3 Å². The van der Waals surface area contributed by atoms with E-state index in [9.17, 15) is 0 Å². The molecule has 0 saturated carbocycles. The first-order valence-electron chi connectivity index (χ1n) is 5.76. The first-order chi connectivity index (χ1) is 7.79. The number of amidine groups is 1. The summed E-state index contributed by atoms with van der Waals surface area (Å²) in [6, 6.07) is 9.81. The molecule has 88 valence electrons. The van der Waals surface area contributed by atoms with Crippen molar-refractivity contribution in [3.63, 3.8) is 0 Å². The molecule has 0 radical (unpaired) electrons. The first kappa shape index (κ1) is 12.7. The van der Waals surface area contributed by atoms with Crippen molar-refractivity contribution in [2.24, 2.45) is 0 Å². The average Bonchev–Trinajstić information content (AvgIpc) is 2.35. The van der Waals surface area contributed by atoms with Crippen LogP contribution >= 0.6 is 0 Å². The Bertz CT molecular complexity index is 311. The molecular weight excluding hydrogens is 200 g/mol. The van der Waals surface area contributed by atoms with Crippen molar-refractivity contribution in [1.82, 2.24) is 4.90 Å². The molecule has 0 atom stereocenters. The van der Waals surface area contributed by atoms with Gasteiger partial charge < -0.3 is 9.64 Å². The Morgan fingerprint density at radius 1 is 1.25 bits per heavy atom.